The van der Waals surface area contributed by atoms with E-state index >= 15 is 0 Å². The Bertz CT molecular complexity index is 819. The summed E-state index contributed by atoms with van der Waals surface area (Å²) in [6.45, 7) is 3.37. The molecular weight excluding hydrogens is 304 g/mol. The van der Waals surface area contributed by atoms with Crippen molar-refractivity contribution in [2.75, 3.05) is 5.75 Å². The molecule has 2 aromatic rings. The Kier molecular flexibility index (Phi) is 3.52. The lowest BCUT2D eigenvalue weighted by Gasteiger charge is -2.26. The molecule has 0 bridgehead atoms. The van der Waals surface area contributed by atoms with Crippen LogP contribution in [0, 0.1) is 13.8 Å². The Labute approximate surface area is 128 Å². The Morgan fingerprint density at radius 2 is 2.05 bits per heavy atom. The predicted molar refractivity (Wildman–Crippen MR) is 79.3 cm³/mol. The number of aromatic nitrogens is 1. The molecule has 2 heterocycles. The topological polar surface area (TPSA) is 89.3 Å². The van der Waals surface area contributed by atoms with Gasteiger partial charge in [-0.05, 0) is 31.9 Å². The lowest BCUT2D eigenvalue weighted by atomic mass is 10.0. The van der Waals surface area contributed by atoms with Crippen molar-refractivity contribution in [3.05, 3.63) is 46.8 Å². The highest BCUT2D eigenvalue weighted by Gasteiger charge is 2.31. The van der Waals surface area contributed by atoms with Crippen LogP contribution in [-0.2, 0) is 9.84 Å². The SMILES string of the molecule is Cc1noc(C)c1C(=O)NC1CCS(=O)(=O)c2ccccc21. The van der Waals surface area contributed by atoms with Crippen molar-refractivity contribution in [2.45, 2.75) is 31.2 Å². The Morgan fingerprint density at radius 3 is 2.73 bits per heavy atom. The molecular formula is C15H16N2O4S. The van der Waals surface area contributed by atoms with E-state index in [-0.39, 0.29) is 17.7 Å². The maximum absolute atomic E-state index is 12.4. The minimum Gasteiger partial charge on any atom is -0.361 e. The van der Waals surface area contributed by atoms with Crippen molar-refractivity contribution in [3.8, 4) is 0 Å². The van der Waals surface area contributed by atoms with Gasteiger partial charge in [0.25, 0.3) is 5.91 Å². The normalized spacial score (nSPS) is 19.5. The van der Waals surface area contributed by atoms with Crippen LogP contribution in [0.3, 0.4) is 0 Å². The molecule has 1 unspecified atom stereocenters. The standard InChI is InChI=1S/C15H16N2O4S/c1-9-14(10(2)21-17-9)15(18)16-12-7-8-22(19,20)13-6-4-3-5-11(12)13/h3-6,12H,7-8H2,1-2H3,(H,16,18). The molecule has 1 aliphatic rings. The Morgan fingerprint density at radius 1 is 1.32 bits per heavy atom. The molecule has 1 N–H and O–H groups in total. The van der Waals surface area contributed by atoms with Crippen LogP contribution in [0.25, 0.3) is 0 Å². The summed E-state index contributed by atoms with van der Waals surface area (Å²) >= 11 is 0. The van der Waals surface area contributed by atoms with Crippen molar-refractivity contribution < 1.29 is 17.7 Å². The van der Waals surface area contributed by atoms with Gasteiger partial charge in [-0.3, -0.25) is 4.79 Å². The Hall–Kier alpha value is -2.15. The van der Waals surface area contributed by atoms with E-state index < -0.39 is 9.84 Å². The largest absolute Gasteiger partial charge is 0.361 e. The average molecular weight is 320 g/mol. The molecule has 1 aliphatic heterocycles. The fraction of sp³-hybridized carbons (Fsp3) is 0.333. The second-order valence-corrected chi connectivity index (χ2v) is 7.45. The summed E-state index contributed by atoms with van der Waals surface area (Å²) < 4.78 is 29.2. The van der Waals surface area contributed by atoms with Gasteiger partial charge < -0.3 is 9.84 Å². The minimum absolute atomic E-state index is 0.0244. The second-order valence-electron chi connectivity index (χ2n) is 5.37. The molecule has 1 atom stereocenters. The van der Waals surface area contributed by atoms with Crippen LogP contribution in [-0.4, -0.2) is 25.2 Å². The molecule has 6 nitrogen and oxygen atoms in total. The van der Waals surface area contributed by atoms with Gasteiger partial charge in [-0.2, -0.15) is 0 Å². The molecule has 0 spiro atoms. The van der Waals surface area contributed by atoms with Crippen molar-refractivity contribution in [3.63, 3.8) is 0 Å². The van der Waals surface area contributed by atoms with E-state index in [2.05, 4.69) is 10.5 Å². The van der Waals surface area contributed by atoms with E-state index in [0.717, 1.165) is 0 Å². The molecule has 0 saturated carbocycles. The van der Waals surface area contributed by atoms with Crippen molar-refractivity contribution in [1.29, 1.82) is 0 Å². The van der Waals surface area contributed by atoms with E-state index in [9.17, 15) is 13.2 Å². The zero-order valence-electron chi connectivity index (χ0n) is 12.3. The molecule has 7 heteroatoms. The molecule has 0 saturated heterocycles. The first kappa shape index (κ1) is 14.8. The number of aryl methyl sites for hydroxylation is 2. The number of carbonyl (C=O) groups is 1. The van der Waals surface area contributed by atoms with Crippen LogP contribution in [0.2, 0.25) is 0 Å². The summed E-state index contributed by atoms with van der Waals surface area (Å²) in [6, 6.07) is 6.45. The third-order valence-electron chi connectivity index (χ3n) is 3.87. The maximum Gasteiger partial charge on any atom is 0.257 e. The van der Waals surface area contributed by atoms with Gasteiger partial charge in [0.05, 0.1) is 22.4 Å². The summed E-state index contributed by atoms with van der Waals surface area (Å²) in [5.41, 5.74) is 1.56. The lowest BCUT2D eigenvalue weighted by Crippen LogP contribution is -2.34. The molecule has 3 rings (SSSR count). The molecule has 1 amide bonds. The number of carbonyl (C=O) groups excluding carboxylic acids is 1. The van der Waals surface area contributed by atoms with Gasteiger partial charge in [0.2, 0.25) is 0 Å². The number of hydrogen-bond acceptors (Lipinski definition) is 5. The van der Waals surface area contributed by atoms with Gasteiger partial charge in [-0.15, -0.1) is 0 Å². The first-order chi connectivity index (χ1) is 10.4. The van der Waals surface area contributed by atoms with Gasteiger partial charge in [0, 0.05) is 0 Å². The smallest absolute Gasteiger partial charge is 0.257 e. The van der Waals surface area contributed by atoms with Gasteiger partial charge in [0.1, 0.15) is 11.3 Å². The van der Waals surface area contributed by atoms with Crippen LogP contribution in [0.5, 0.6) is 0 Å². The fourth-order valence-corrected chi connectivity index (χ4v) is 4.40. The van der Waals surface area contributed by atoms with E-state index in [1.54, 1.807) is 38.1 Å². The van der Waals surface area contributed by atoms with Crippen molar-refractivity contribution in [2.24, 2.45) is 0 Å². The number of nitrogens with zero attached hydrogens (tertiary/aromatic N) is 1. The number of nitrogens with one attached hydrogen (secondary N) is 1. The maximum atomic E-state index is 12.4. The Balaban J connectivity index is 1.93. The predicted octanol–water partition coefficient (Wildman–Crippen LogP) is 1.94. The second kappa shape index (κ2) is 5.24. The third kappa shape index (κ3) is 2.41. The molecule has 1 aromatic heterocycles. The third-order valence-corrected chi connectivity index (χ3v) is 5.69. The fourth-order valence-electron chi connectivity index (χ4n) is 2.78. The molecule has 22 heavy (non-hydrogen) atoms. The molecule has 0 radical (unpaired) electrons. The summed E-state index contributed by atoms with van der Waals surface area (Å²) in [7, 11) is -3.26. The van der Waals surface area contributed by atoms with Crippen LogP contribution < -0.4 is 5.32 Å². The number of hydrogen-bond donors (Lipinski definition) is 1. The van der Waals surface area contributed by atoms with E-state index in [1.807, 2.05) is 0 Å². The highest BCUT2D eigenvalue weighted by molar-refractivity contribution is 7.91. The van der Waals surface area contributed by atoms with E-state index in [0.29, 0.717) is 33.9 Å². The molecule has 0 aliphatic carbocycles. The van der Waals surface area contributed by atoms with Crippen molar-refractivity contribution in [1.82, 2.24) is 10.5 Å². The average Bonchev–Trinajstić information content (AvgIpc) is 2.82. The lowest BCUT2D eigenvalue weighted by molar-refractivity contribution is 0.0932. The molecule has 116 valence electrons. The van der Waals surface area contributed by atoms with Crippen LogP contribution in [0.1, 0.15) is 39.8 Å². The van der Waals surface area contributed by atoms with E-state index in [4.69, 9.17) is 4.52 Å². The highest BCUT2D eigenvalue weighted by Crippen LogP contribution is 2.32. The summed E-state index contributed by atoms with van der Waals surface area (Å²) in [4.78, 5) is 12.7. The quantitative estimate of drug-likeness (QED) is 0.913. The summed E-state index contributed by atoms with van der Waals surface area (Å²) in [5, 5.41) is 6.66. The summed E-state index contributed by atoms with van der Waals surface area (Å²) in [5.74, 6) is 0.179. The van der Waals surface area contributed by atoms with Crippen LogP contribution in [0.15, 0.2) is 33.7 Å². The number of sulfone groups is 1. The number of rotatable bonds is 2. The first-order valence-electron chi connectivity index (χ1n) is 6.95. The zero-order chi connectivity index (χ0) is 15.9. The molecule has 1 aromatic carbocycles. The monoisotopic (exact) mass is 320 g/mol. The van der Waals surface area contributed by atoms with Crippen LogP contribution in [0.4, 0.5) is 0 Å². The molecule has 0 fully saturated rings. The van der Waals surface area contributed by atoms with Gasteiger partial charge in [-0.25, -0.2) is 8.42 Å². The minimum atomic E-state index is -3.26. The first-order valence-corrected chi connectivity index (χ1v) is 8.61. The van der Waals surface area contributed by atoms with Gasteiger partial charge >= 0.3 is 0 Å². The highest BCUT2D eigenvalue weighted by atomic mass is 32.2. The summed E-state index contributed by atoms with van der Waals surface area (Å²) in [6.07, 6.45) is 0.356. The number of amides is 1. The van der Waals surface area contributed by atoms with Gasteiger partial charge in [0.15, 0.2) is 9.84 Å². The van der Waals surface area contributed by atoms with Crippen molar-refractivity contribution >= 4 is 15.7 Å². The number of benzene rings is 1. The van der Waals surface area contributed by atoms with Crippen LogP contribution >= 0.6 is 0 Å². The van der Waals surface area contributed by atoms with E-state index in [1.165, 1.54) is 0 Å². The van der Waals surface area contributed by atoms with Gasteiger partial charge in [-0.1, -0.05) is 23.4 Å². The number of fused-ring (bicyclic) bond motifs is 1. The zero-order valence-corrected chi connectivity index (χ0v) is 13.1.